The van der Waals surface area contributed by atoms with Crippen molar-refractivity contribution in [2.24, 2.45) is 5.41 Å². The highest BCUT2D eigenvalue weighted by Gasteiger charge is 2.55. The Morgan fingerprint density at radius 2 is 1.91 bits per heavy atom. The fourth-order valence-corrected chi connectivity index (χ4v) is 7.35. The van der Waals surface area contributed by atoms with Crippen LogP contribution in [0.5, 0.6) is 0 Å². The van der Waals surface area contributed by atoms with E-state index in [2.05, 4.69) is 85.4 Å². The number of hydrogen-bond acceptors (Lipinski definition) is 5. The number of aromatic amines is 1. The van der Waals surface area contributed by atoms with Crippen LogP contribution in [-0.2, 0) is 23.1 Å². The summed E-state index contributed by atoms with van der Waals surface area (Å²) < 4.78 is 6.00. The SMILES string of the molecule is Cc1c[nH]c2ncc(-c3cccc(CC4NCCc5cccc([C@@]6(C(C)(C)C)CCCN6C(=O)OC(C)(C)C)c54)n3)cc12. The first-order valence-corrected chi connectivity index (χ1v) is 15.6. The molecule has 7 heteroatoms. The largest absolute Gasteiger partial charge is 0.444 e. The average Bonchev–Trinajstić information content (AvgIpc) is 3.57. The molecule has 226 valence electrons. The molecule has 1 amide bonds. The zero-order valence-electron chi connectivity index (χ0n) is 26.7. The van der Waals surface area contributed by atoms with Crippen LogP contribution in [0.3, 0.4) is 0 Å². The first kappa shape index (κ1) is 29.4. The van der Waals surface area contributed by atoms with Gasteiger partial charge in [-0.15, -0.1) is 0 Å². The maximum atomic E-state index is 13.8. The Labute approximate surface area is 255 Å². The van der Waals surface area contributed by atoms with Gasteiger partial charge in [-0.25, -0.2) is 9.78 Å². The summed E-state index contributed by atoms with van der Waals surface area (Å²) in [5.74, 6) is 0. The number of ether oxygens (including phenoxy) is 1. The number of carbonyl (C=O) groups is 1. The lowest BCUT2D eigenvalue weighted by Crippen LogP contribution is -2.55. The van der Waals surface area contributed by atoms with Gasteiger partial charge in [0, 0.05) is 48.0 Å². The molecule has 0 radical (unpaired) electrons. The van der Waals surface area contributed by atoms with Crippen molar-refractivity contribution in [1.82, 2.24) is 25.2 Å². The maximum Gasteiger partial charge on any atom is 0.411 e. The highest BCUT2D eigenvalue weighted by atomic mass is 16.6. The minimum absolute atomic E-state index is 0.0792. The Bertz CT molecular complexity index is 1660. The third kappa shape index (κ3) is 5.33. The Kier molecular flexibility index (Phi) is 7.36. The molecule has 1 fully saturated rings. The van der Waals surface area contributed by atoms with Crippen molar-refractivity contribution in [1.29, 1.82) is 0 Å². The maximum absolute atomic E-state index is 13.8. The van der Waals surface area contributed by atoms with E-state index in [1.807, 2.05) is 38.1 Å². The lowest BCUT2D eigenvalue weighted by molar-refractivity contribution is -0.0229. The van der Waals surface area contributed by atoms with E-state index in [1.165, 1.54) is 22.3 Å². The molecule has 2 atom stereocenters. The number of nitrogens with one attached hydrogen (secondary N) is 2. The van der Waals surface area contributed by atoms with Gasteiger partial charge in [0.1, 0.15) is 11.2 Å². The monoisotopic (exact) mass is 579 g/mol. The summed E-state index contributed by atoms with van der Waals surface area (Å²) in [5, 5.41) is 4.96. The predicted molar refractivity (Wildman–Crippen MR) is 172 cm³/mol. The molecule has 2 aliphatic rings. The van der Waals surface area contributed by atoms with Crippen molar-refractivity contribution in [2.45, 2.75) is 91.3 Å². The van der Waals surface area contributed by atoms with Gasteiger partial charge in [-0.3, -0.25) is 9.88 Å². The number of likely N-dealkylation sites (tertiary alicyclic amines) is 1. The second-order valence-electron chi connectivity index (χ2n) is 14.3. The number of hydrogen-bond donors (Lipinski definition) is 2. The quantitative estimate of drug-likeness (QED) is 0.260. The Hall–Kier alpha value is -3.71. The van der Waals surface area contributed by atoms with E-state index in [1.54, 1.807) is 0 Å². The van der Waals surface area contributed by atoms with Crippen LogP contribution >= 0.6 is 0 Å². The van der Waals surface area contributed by atoms with Crippen LogP contribution in [-0.4, -0.2) is 44.6 Å². The Morgan fingerprint density at radius 3 is 2.67 bits per heavy atom. The first-order valence-electron chi connectivity index (χ1n) is 15.6. The molecule has 1 aromatic carbocycles. The molecule has 6 rings (SSSR count). The number of carbonyl (C=O) groups excluding carboxylic acids is 1. The van der Waals surface area contributed by atoms with Crippen LogP contribution in [0.1, 0.15) is 88.4 Å². The number of rotatable bonds is 4. The van der Waals surface area contributed by atoms with Crippen molar-refractivity contribution in [3.05, 3.63) is 82.8 Å². The zero-order valence-corrected chi connectivity index (χ0v) is 26.7. The summed E-state index contributed by atoms with van der Waals surface area (Å²) in [4.78, 5) is 28.8. The lowest BCUT2D eigenvalue weighted by atomic mass is 9.65. The number of aromatic nitrogens is 3. The molecular weight excluding hydrogens is 534 g/mol. The molecular formula is C36H45N5O2. The Balaban J connectivity index is 1.39. The molecule has 2 aliphatic heterocycles. The fraction of sp³-hybridized carbons (Fsp3) is 0.472. The standard InChI is InChI=1S/C36H45N5O2/c1-23-21-38-32-27(23)19-25(22-39-32)29-14-9-12-26(40-29)20-30-31-24(15-17-37-30)11-8-13-28(31)36(34(2,3)4)16-10-18-41(36)33(42)43-35(5,6)7/h8-9,11-14,19,21-22,30,37H,10,15-18,20H2,1-7H3,(H,38,39)/t30?,36-/m1/s1. The second kappa shape index (κ2) is 10.8. The van der Waals surface area contributed by atoms with Crippen molar-refractivity contribution in [3.8, 4) is 11.3 Å². The van der Waals surface area contributed by atoms with Gasteiger partial charge in [-0.05, 0) is 99.4 Å². The first-order chi connectivity index (χ1) is 20.4. The summed E-state index contributed by atoms with van der Waals surface area (Å²) in [7, 11) is 0. The molecule has 0 bridgehead atoms. The molecule has 2 N–H and O–H groups in total. The van der Waals surface area contributed by atoms with E-state index in [-0.39, 0.29) is 17.6 Å². The molecule has 4 aromatic rings. The minimum Gasteiger partial charge on any atom is -0.444 e. The number of benzene rings is 1. The summed E-state index contributed by atoms with van der Waals surface area (Å²) in [6.45, 7) is 16.3. The van der Waals surface area contributed by atoms with Gasteiger partial charge in [-0.2, -0.15) is 0 Å². The van der Waals surface area contributed by atoms with E-state index in [4.69, 9.17) is 9.72 Å². The van der Waals surface area contributed by atoms with Gasteiger partial charge in [-0.1, -0.05) is 45.0 Å². The topological polar surface area (TPSA) is 83.1 Å². The lowest BCUT2D eigenvalue weighted by Gasteiger charge is -2.50. The van der Waals surface area contributed by atoms with E-state index in [9.17, 15) is 4.79 Å². The third-order valence-corrected chi connectivity index (χ3v) is 9.26. The van der Waals surface area contributed by atoms with Crippen molar-refractivity contribution < 1.29 is 9.53 Å². The summed E-state index contributed by atoms with van der Waals surface area (Å²) >= 11 is 0. The third-order valence-electron chi connectivity index (χ3n) is 9.26. The summed E-state index contributed by atoms with van der Waals surface area (Å²) in [6.07, 6.45) is 7.23. The number of aryl methyl sites for hydroxylation is 1. The van der Waals surface area contributed by atoms with Crippen molar-refractivity contribution in [2.75, 3.05) is 13.1 Å². The van der Waals surface area contributed by atoms with E-state index in [0.29, 0.717) is 6.54 Å². The van der Waals surface area contributed by atoms with Gasteiger partial charge in [0.15, 0.2) is 0 Å². The molecule has 0 spiro atoms. The van der Waals surface area contributed by atoms with Crippen LogP contribution in [0.25, 0.3) is 22.3 Å². The van der Waals surface area contributed by atoms with E-state index in [0.717, 1.165) is 60.2 Å². The van der Waals surface area contributed by atoms with Crippen LogP contribution < -0.4 is 5.32 Å². The van der Waals surface area contributed by atoms with Crippen LogP contribution in [0.15, 0.2) is 54.9 Å². The summed E-state index contributed by atoms with van der Waals surface area (Å²) in [6, 6.07) is 15.2. The van der Waals surface area contributed by atoms with Crippen LogP contribution in [0.4, 0.5) is 4.79 Å². The highest BCUT2D eigenvalue weighted by molar-refractivity contribution is 5.83. The van der Waals surface area contributed by atoms with Gasteiger partial charge < -0.3 is 15.0 Å². The fourth-order valence-electron chi connectivity index (χ4n) is 7.35. The van der Waals surface area contributed by atoms with Crippen molar-refractivity contribution in [3.63, 3.8) is 0 Å². The van der Waals surface area contributed by atoms with Gasteiger partial charge in [0.05, 0.1) is 11.2 Å². The average molecular weight is 580 g/mol. The van der Waals surface area contributed by atoms with Gasteiger partial charge >= 0.3 is 6.09 Å². The summed E-state index contributed by atoms with van der Waals surface area (Å²) in [5.41, 5.74) is 7.71. The molecule has 1 unspecified atom stereocenters. The number of fused-ring (bicyclic) bond motifs is 2. The molecule has 3 aromatic heterocycles. The second-order valence-corrected chi connectivity index (χ2v) is 14.3. The Morgan fingerprint density at radius 1 is 1.12 bits per heavy atom. The number of nitrogens with zero attached hydrogens (tertiary/aromatic N) is 3. The molecule has 0 aliphatic carbocycles. The molecule has 5 heterocycles. The predicted octanol–water partition coefficient (Wildman–Crippen LogP) is 7.64. The highest BCUT2D eigenvalue weighted by Crippen LogP contribution is 2.54. The van der Waals surface area contributed by atoms with Crippen LogP contribution in [0, 0.1) is 12.3 Å². The van der Waals surface area contributed by atoms with E-state index >= 15 is 0 Å². The molecule has 43 heavy (non-hydrogen) atoms. The number of H-pyrrole nitrogens is 1. The minimum atomic E-state index is -0.556. The van der Waals surface area contributed by atoms with E-state index < -0.39 is 11.1 Å². The normalized spacial score (nSPS) is 20.8. The zero-order chi connectivity index (χ0) is 30.6. The van der Waals surface area contributed by atoms with Gasteiger partial charge in [0.2, 0.25) is 0 Å². The molecule has 1 saturated heterocycles. The molecule has 7 nitrogen and oxygen atoms in total. The molecule has 0 saturated carbocycles. The number of pyridine rings is 2. The number of amides is 1. The smallest absolute Gasteiger partial charge is 0.411 e. The van der Waals surface area contributed by atoms with Gasteiger partial charge in [0.25, 0.3) is 0 Å². The van der Waals surface area contributed by atoms with Crippen LogP contribution in [0.2, 0.25) is 0 Å². The van der Waals surface area contributed by atoms with Crippen molar-refractivity contribution >= 4 is 17.1 Å².